The van der Waals surface area contributed by atoms with Gasteiger partial charge in [-0.2, -0.15) is 0 Å². The standard InChI is InChI=1S/C23H20N2O4/c1-14(29-23(28)20-13-24-12-18-5-3-4-6-19(18)20)22(27)17-7-8-21-16(11-17)9-10-25(21)15(2)26/h3-8,11-14H,9-10H2,1-2H3/t14-/m0/s1. The van der Waals surface area contributed by atoms with Gasteiger partial charge in [-0.3, -0.25) is 14.6 Å². The van der Waals surface area contributed by atoms with Crippen LogP contribution in [0.2, 0.25) is 0 Å². The van der Waals surface area contributed by atoms with Crippen LogP contribution in [0.15, 0.2) is 54.9 Å². The molecule has 3 aromatic rings. The molecule has 0 fully saturated rings. The van der Waals surface area contributed by atoms with Gasteiger partial charge in [0, 0.05) is 42.5 Å². The zero-order valence-corrected chi connectivity index (χ0v) is 16.2. The van der Waals surface area contributed by atoms with E-state index in [-0.39, 0.29) is 11.7 Å². The molecule has 2 aromatic carbocycles. The summed E-state index contributed by atoms with van der Waals surface area (Å²) in [6.07, 6.45) is 2.89. The van der Waals surface area contributed by atoms with Gasteiger partial charge in [-0.15, -0.1) is 0 Å². The van der Waals surface area contributed by atoms with Gasteiger partial charge >= 0.3 is 5.97 Å². The minimum atomic E-state index is -0.940. The van der Waals surface area contributed by atoms with Gasteiger partial charge in [0.2, 0.25) is 11.7 Å². The van der Waals surface area contributed by atoms with Gasteiger partial charge in [0.25, 0.3) is 0 Å². The third-order valence-electron chi connectivity index (χ3n) is 5.18. The molecule has 6 heteroatoms. The monoisotopic (exact) mass is 388 g/mol. The van der Waals surface area contributed by atoms with Crippen LogP contribution >= 0.6 is 0 Å². The van der Waals surface area contributed by atoms with E-state index in [1.165, 1.54) is 13.1 Å². The van der Waals surface area contributed by atoms with E-state index in [2.05, 4.69) is 4.98 Å². The Morgan fingerprint density at radius 3 is 2.69 bits per heavy atom. The maximum Gasteiger partial charge on any atom is 0.341 e. The highest BCUT2D eigenvalue weighted by molar-refractivity contribution is 6.06. The molecule has 0 spiro atoms. The number of fused-ring (bicyclic) bond motifs is 2. The number of anilines is 1. The molecule has 146 valence electrons. The van der Waals surface area contributed by atoms with E-state index in [0.717, 1.165) is 22.0 Å². The number of esters is 1. The second-order valence-corrected chi connectivity index (χ2v) is 7.08. The number of hydrogen-bond acceptors (Lipinski definition) is 5. The first-order valence-corrected chi connectivity index (χ1v) is 9.44. The first kappa shape index (κ1) is 18.8. The van der Waals surface area contributed by atoms with E-state index in [1.807, 2.05) is 24.3 Å². The van der Waals surface area contributed by atoms with Crippen molar-refractivity contribution in [2.45, 2.75) is 26.4 Å². The molecule has 0 bridgehead atoms. The molecule has 0 saturated carbocycles. The van der Waals surface area contributed by atoms with Crippen LogP contribution in [-0.2, 0) is 16.0 Å². The van der Waals surface area contributed by atoms with E-state index < -0.39 is 12.1 Å². The van der Waals surface area contributed by atoms with E-state index in [1.54, 1.807) is 36.2 Å². The zero-order chi connectivity index (χ0) is 20.5. The highest BCUT2D eigenvalue weighted by Crippen LogP contribution is 2.29. The number of pyridine rings is 1. The highest BCUT2D eigenvalue weighted by Gasteiger charge is 2.26. The normalized spacial score (nSPS) is 13.8. The van der Waals surface area contributed by atoms with Crippen LogP contribution in [-0.4, -0.2) is 35.3 Å². The molecule has 1 aromatic heterocycles. The van der Waals surface area contributed by atoms with Crippen LogP contribution in [0.25, 0.3) is 10.8 Å². The lowest BCUT2D eigenvalue weighted by Gasteiger charge is -2.16. The zero-order valence-electron chi connectivity index (χ0n) is 16.2. The highest BCUT2D eigenvalue weighted by atomic mass is 16.5. The van der Waals surface area contributed by atoms with E-state index in [4.69, 9.17) is 4.74 Å². The maximum atomic E-state index is 12.8. The first-order chi connectivity index (χ1) is 14.0. The average Bonchev–Trinajstić information content (AvgIpc) is 3.16. The quantitative estimate of drug-likeness (QED) is 0.504. The van der Waals surface area contributed by atoms with Crippen molar-refractivity contribution in [3.8, 4) is 0 Å². The van der Waals surface area contributed by atoms with Crippen LogP contribution in [0.1, 0.15) is 40.1 Å². The van der Waals surface area contributed by atoms with Crippen LogP contribution in [0, 0.1) is 0 Å². The van der Waals surface area contributed by atoms with Gasteiger partial charge in [0.05, 0.1) is 5.56 Å². The predicted molar refractivity (Wildman–Crippen MR) is 109 cm³/mol. The number of ether oxygens (including phenoxy) is 1. The number of nitrogens with zero attached hydrogens (tertiary/aromatic N) is 2. The third-order valence-corrected chi connectivity index (χ3v) is 5.18. The summed E-state index contributed by atoms with van der Waals surface area (Å²) in [6, 6.07) is 12.6. The molecule has 1 atom stereocenters. The molecular weight excluding hydrogens is 368 g/mol. The van der Waals surface area contributed by atoms with Crippen LogP contribution in [0.4, 0.5) is 5.69 Å². The minimum Gasteiger partial charge on any atom is -0.451 e. The fourth-order valence-corrected chi connectivity index (χ4v) is 3.67. The van der Waals surface area contributed by atoms with E-state index in [9.17, 15) is 14.4 Å². The van der Waals surface area contributed by atoms with Crippen molar-refractivity contribution in [3.63, 3.8) is 0 Å². The van der Waals surface area contributed by atoms with Gasteiger partial charge in [-0.25, -0.2) is 4.79 Å². The number of carbonyl (C=O) groups is 3. The van der Waals surface area contributed by atoms with E-state index in [0.29, 0.717) is 24.1 Å². The first-order valence-electron chi connectivity index (χ1n) is 9.44. The predicted octanol–water partition coefficient (Wildman–Crippen LogP) is 3.57. The van der Waals surface area contributed by atoms with Crippen molar-refractivity contribution in [2.24, 2.45) is 0 Å². The third kappa shape index (κ3) is 3.49. The summed E-state index contributed by atoms with van der Waals surface area (Å²) in [4.78, 5) is 42.9. The Morgan fingerprint density at radius 2 is 1.90 bits per heavy atom. The summed E-state index contributed by atoms with van der Waals surface area (Å²) in [7, 11) is 0. The molecule has 2 heterocycles. The van der Waals surface area contributed by atoms with Gasteiger partial charge in [-0.1, -0.05) is 24.3 Å². The van der Waals surface area contributed by atoms with Crippen molar-refractivity contribution < 1.29 is 19.1 Å². The summed E-state index contributed by atoms with van der Waals surface area (Å²) >= 11 is 0. The minimum absolute atomic E-state index is 0.0196. The lowest BCUT2D eigenvalue weighted by molar-refractivity contribution is -0.116. The molecule has 1 aliphatic rings. The molecule has 29 heavy (non-hydrogen) atoms. The number of Topliss-reactive ketones (excluding diaryl/α,β-unsaturated/α-hetero) is 1. The molecule has 0 unspecified atom stereocenters. The van der Waals surface area contributed by atoms with Crippen LogP contribution < -0.4 is 4.90 Å². The number of carbonyl (C=O) groups excluding carboxylic acids is 3. The number of ketones is 1. The molecule has 6 nitrogen and oxygen atoms in total. The topological polar surface area (TPSA) is 76.6 Å². The Labute approximate surface area is 168 Å². The average molecular weight is 388 g/mol. The van der Waals surface area contributed by atoms with Crippen LogP contribution in [0.3, 0.4) is 0 Å². The number of aromatic nitrogens is 1. The molecule has 4 rings (SSSR count). The molecule has 0 N–H and O–H groups in total. The van der Waals surface area contributed by atoms with Crippen molar-refractivity contribution in [3.05, 3.63) is 71.5 Å². The summed E-state index contributed by atoms with van der Waals surface area (Å²) in [5, 5.41) is 1.56. The largest absolute Gasteiger partial charge is 0.451 e. The SMILES string of the molecule is CC(=O)N1CCc2cc(C(=O)[C@H](C)OC(=O)c3cncc4ccccc34)ccc21. The summed E-state index contributed by atoms with van der Waals surface area (Å²) in [5.41, 5.74) is 2.57. The Hall–Kier alpha value is -3.54. The van der Waals surface area contributed by atoms with Gasteiger partial charge in [0.15, 0.2) is 6.10 Å². The van der Waals surface area contributed by atoms with Crippen molar-refractivity contribution in [1.29, 1.82) is 0 Å². The fraction of sp³-hybridized carbons (Fsp3) is 0.217. The van der Waals surface area contributed by atoms with Crippen molar-refractivity contribution in [2.75, 3.05) is 11.4 Å². The Morgan fingerprint density at radius 1 is 1.10 bits per heavy atom. The summed E-state index contributed by atoms with van der Waals surface area (Å²) in [5.74, 6) is -0.886. The molecular formula is C23H20N2O4. The number of hydrogen-bond donors (Lipinski definition) is 0. The lowest BCUT2D eigenvalue weighted by Crippen LogP contribution is -2.26. The smallest absolute Gasteiger partial charge is 0.341 e. The molecule has 1 amide bonds. The van der Waals surface area contributed by atoms with Crippen molar-refractivity contribution >= 4 is 34.1 Å². The maximum absolute atomic E-state index is 12.8. The fourth-order valence-electron chi connectivity index (χ4n) is 3.67. The Bertz CT molecular complexity index is 1130. The van der Waals surface area contributed by atoms with Gasteiger partial charge in [0.1, 0.15) is 0 Å². The second-order valence-electron chi connectivity index (χ2n) is 7.08. The molecule has 0 aliphatic carbocycles. The van der Waals surface area contributed by atoms with E-state index >= 15 is 0 Å². The molecule has 0 saturated heterocycles. The number of benzene rings is 2. The molecule has 0 radical (unpaired) electrons. The summed E-state index contributed by atoms with van der Waals surface area (Å²) in [6.45, 7) is 3.70. The Balaban J connectivity index is 1.53. The van der Waals surface area contributed by atoms with Gasteiger partial charge < -0.3 is 9.64 Å². The van der Waals surface area contributed by atoms with Crippen LogP contribution in [0.5, 0.6) is 0 Å². The van der Waals surface area contributed by atoms with Crippen molar-refractivity contribution in [1.82, 2.24) is 4.98 Å². The second kappa shape index (κ2) is 7.47. The Kier molecular flexibility index (Phi) is 4.84. The number of rotatable bonds is 4. The summed E-state index contributed by atoms with van der Waals surface area (Å²) < 4.78 is 5.45. The lowest BCUT2D eigenvalue weighted by atomic mass is 10.0. The van der Waals surface area contributed by atoms with Gasteiger partial charge in [-0.05, 0) is 42.5 Å². The number of amides is 1. The molecule has 1 aliphatic heterocycles.